The Morgan fingerprint density at radius 3 is 2.48 bits per heavy atom. The van der Waals surface area contributed by atoms with Gasteiger partial charge in [-0.25, -0.2) is 4.79 Å². The minimum atomic E-state index is -1.21. The quantitative estimate of drug-likeness (QED) is 0.463. The lowest BCUT2D eigenvalue weighted by molar-refractivity contribution is -0.385. The molecular formula is C19H22N2O6. The summed E-state index contributed by atoms with van der Waals surface area (Å²) in [6, 6.07) is 5.84. The Kier molecular flexibility index (Phi) is 6.09. The summed E-state index contributed by atoms with van der Waals surface area (Å²) in [5, 5.41) is 21.2. The van der Waals surface area contributed by atoms with Gasteiger partial charge in [-0.2, -0.15) is 0 Å². The van der Waals surface area contributed by atoms with Gasteiger partial charge in [-0.3, -0.25) is 19.9 Å². The van der Waals surface area contributed by atoms with Crippen LogP contribution in [0.5, 0.6) is 0 Å². The maximum atomic E-state index is 12.7. The van der Waals surface area contributed by atoms with Gasteiger partial charge in [0, 0.05) is 29.0 Å². The highest BCUT2D eigenvalue weighted by Gasteiger charge is 2.44. The van der Waals surface area contributed by atoms with Crippen LogP contribution < -0.4 is 0 Å². The summed E-state index contributed by atoms with van der Waals surface area (Å²) in [6.07, 6.45) is 0. The number of carbonyl (C=O) groups is 2. The van der Waals surface area contributed by atoms with Crippen molar-refractivity contribution < 1.29 is 24.4 Å². The Bertz CT molecular complexity index is 840. The zero-order chi connectivity index (χ0) is 20.3. The van der Waals surface area contributed by atoms with Crippen molar-refractivity contribution in [3.63, 3.8) is 0 Å². The number of nitro benzene ring substituents is 1. The number of carbonyl (C=O) groups excluding carboxylic acids is 1. The largest absolute Gasteiger partial charge is 0.481 e. The summed E-state index contributed by atoms with van der Waals surface area (Å²) in [7, 11) is 0. The van der Waals surface area contributed by atoms with Crippen molar-refractivity contribution in [2.75, 3.05) is 6.61 Å². The third-order valence-corrected chi connectivity index (χ3v) is 4.33. The van der Waals surface area contributed by atoms with Crippen LogP contribution in [0.4, 0.5) is 5.69 Å². The second-order valence-electron chi connectivity index (χ2n) is 6.85. The number of nitro groups is 1. The Balaban J connectivity index is 2.66. The van der Waals surface area contributed by atoms with Crippen molar-refractivity contribution in [1.82, 2.24) is 0 Å². The van der Waals surface area contributed by atoms with Gasteiger partial charge in [-0.1, -0.05) is 32.0 Å². The highest BCUT2D eigenvalue weighted by Crippen LogP contribution is 2.42. The summed E-state index contributed by atoms with van der Waals surface area (Å²) >= 11 is 0. The maximum Gasteiger partial charge on any atom is 0.336 e. The Morgan fingerprint density at radius 1 is 1.30 bits per heavy atom. The fourth-order valence-corrected chi connectivity index (χ4v) is 3.20. The average molecular weight is 374 g/mol. The van der Waals surface area contributed by atoms with Crippen LogP contribution in [0.1, 0.15) is 39.2 Å². The summed E-state index contributed by atoms with van der Waals surface area (Å²) in [4.78, 5) is 39.8. The molecule has 8 heteroatoms. The lowest BCUT2D eigenvalue weighted by Crippen LogP contribution is -2.35. The van der Waals surface area contributed by atoms with Gasteiger partial charge < -0.3 is 9.84 Å². The zero-order valence-electron chi connectivity index (χ0n) is 15.6. The van der Waals surface area contributed by atoms with Gasteiger partial charge in [0.15, 0.2) is 0 Å². The van der Waals surface area contributed by atoms with E-state index < -0.39 is 28.7 Å². The van der Waals surface area contributed by atoms with E-state index in [9.17, 15) is 24.8 Å². The molecule has 1 aliphatic rings. The van der Waals surface area contributed by atoms with E-state index in [-0.39, 0.29) is 35.1 Å². The number of carboxylic acids is 1. The molecule has 1 aromatic carbocycles. The summed E-state index contributed by atoms with van der Waals surface area (Å²) in [6.45, 7) is 7.02. The molecule has 0 aromatic heterocycles. The average Bonchev–Trinajstić information content (AvgIpc) is 2.58. The van der Waals surface area contributed by atoms with E-state index in [0.717, 1.165) is 0 Å². The van der Waals surface area contributed by atoms with Crippen LogP contribution in [0, 0.1) is 22.0 Å². The summed E-state index contributed by atoms with van der Waals surface area (Å²) < 4.78 is 5.30. The van der Waals surface area contributed by atoms with Gasteiger partial charge in [0.1, 0.15) is 5.92 Å². The van der Waals surface area contributed by atoms with E-state index in [1.165, 1.54) is 18.2 Å². The number of aliphatic imine (C=N–C) groups is 1. The fraction of sp³-hybridized carbons (Fsp3) is 0.421. The molecule has 2 atom stereocenters. The van der Waals surface area contributed by atoms with Crippen molar-refractivity contribution in [3.05, 3.63) is 51.2 Å². The number of allylic oxidation sites excluding steroid dienone is 1. The molecule has 1 heterocycles. The number of benzene rings is 1. The number of rotatable bonds is 6. The molecule has 0 saturated heterocycles. The SMILES string of the molecule is CC1=NC(C)=C(C(=O)OCC(C)C)C(c2ccccc2[N+](=O)[O-])C1C(=O)O. The third-order valence-electron chi connectivity index (χ3n) is 4.33. The summed E-state index contributed by atoms with van der Waals surface area (Å²) in [5.41, 5.74) is 0.541. The smallest absolute Gasteiger partial charge is 0.336 e. The second-order valence-corrected chi connectivity index (χ2v) is 6.85. The lowest BCUT2D eigenvalue weighted by Gasteiger charge is -2.30. The number of esters is 1. The molecule has 0 spiro atoms. The minimum Gasteiger partial charge on any atom is -0.481 e. The molecule has 2 rings (SSSR count). The van der Waals surface area contributed by atoms with E-state index >= 15 is 0 Å². The van der Waals surface area contributed by atoms with Crippen LogP contribution in [-0.2, 0) is 14.3 Å². The molecule has 0 bridgehead atoms. The highest BCUT2D eigenvalue weighted by molar-refractivity contribution is 6.06. The zero-order valence-corrected chi connectivity index (χ0v) is 15.6. The van der Waals surface area contributed by atoms with Gasteiger partial charge in [-0.15, -0.1) is 0 Å². The molecule has 27 heavy (non-hydrogen) atoms. The van der Waals surface area contributed by atoms with Crippen molar-refractivity contribution >= 4 is 23.3 Å². The van der Waals surface area contributed by atoms with Gasteiger partial charge in [0.05, 0.1) is 17.1 Å². The van der Waals surface area contributed by atoms with Crippen LogP contribution in [0.3, 0.4) is 0 Å². The third kappa shape index (κ3) is 4.21. The molecule has 0 amide bonds. The molecule has 0 fully saturated rings. The molecule has 2 unspecified atom stereocenters. The first-order valence-corrected chi connectivity index (χ1v) is 8.54. The van der Waals surface area contributed by atoms with E-state index in [0.29, 0.717) is 5.70 Å². The molecule has 1 aromatic rings. The van der Waals surface area contributed by atoms with Crippen LogP contribution in [-0.4, -0.2) is 34.3 Å². The van der Waals surface area contributed by atoms with Crippen molar-refractivity contribution in [3.8, 4) is 0 Å². The normalized spacial score (nSPS) is 19.7. The van der Waals surface area contributed by atoms with E-state index in [1.54, 1.807) is 19.9 Å². The Hall–Kier alpha value is -3.03. The minimum absolute atomic E-state index is 0.0444. The fourth-order valence-electron chi connectivity index (χ4n) is 3.20. The predicted molar refractivity (Wildman–Crippen MR) is 98.6 cm³/mol. The Labute approximate surface area is 156 Å². The standard InChI is InChI=1S/C19H22N2O6/c1-10(2)9-27-19(24)16-12(4)20-11(3)15(18(22)23)17(16)13-7-5-6-8-14(13)21(25)26/h5-8,10,15,17H,9H2,1-4H3,(H,22,23). The first kappa shape index (κ1) is 20.3. The highest BCUT2D eigenvalue weighted by atomic mass is 16.6. The topological polar surface area (TPSA) is 119 Å². The Morgan fingerprint density at radius 2 is 1.93 bits per heavy atom. The number of aliphatic carboxylic acids is 1. The number of hydrogen-bond donors (Lipinski definition) is 1. The van der Waals surface area contributed by atoms with Crippen molar-refractivity contribution in [1.29, 1.82) is 0 Å². The lowest BCUT2D eigenvalue weighted by atomic mass is 9.75. The molecule has 1 N–H and O–H groups in total. The second kappa shape index (κ2) is 8.11. The molecule has 144 valence electrons. The van der Waals surface area contributed by atoms with Crippen LogP contribution in [0.15, 0.2) is 40.5 Å². The maximum absolute atomic E-state index is 12.7. The van der Waals surface area contributed by atoms with Crippen LogP contribution >= 0.6 is 0 Å². The van der Waals surface area contributed by atoms with Crippen LogP contribution in [0.2, 0.25) is 0 Å². The van der Waals surface area contributed by atoms with Gasteiger partial charge >= 0.3 is 11.9 Å². The molecule has 0 saturated carbocycles. The van der Waals surface area contributed by atoms with E-state index in [1.807, 2.05) is 13.8 Å². The molecule has 0 aliphatic carbocycles. The predicted octanol–water partition coefficient (Wildman–Crippen LogP) is 3.33. The number of carboxylic acid groups (broad SMARTS) is 1. The first-order valence-electron chi connectivity index (χ1n) is 8.54. The van der Waals surface area contributed by atoms with E-state index in [4.69, 9.17) is 4.74 Å². The van der Waals surface area contributed by atoms with Gasteiger partial charge in [-0.05, 0) is 19.8 Å². The van der Waals surface area contributed by atoms with E-state index in [2.05, 4.69) is 4.99 Å². The molecular weight excluding hydrogens is 352 g/mol. The van der Waals surface area contributed by atoms with Gasteiger partial charge in [0.25, 0.3) is 5.69 Å². The first-order chi connectivity index (χ1) is 12.6. The molecule has 0 radical (unpaired) electrons. The van der Waals surface area contributed by atoms with Gasteiger partial charge in [0.2, 0.25) is 0 Å². The number of nitrogens with zero attached hydrogens (tertiary/aromatic N) is 2. The van der Waals surface area contributed by atoms with Crippen LogP contribution in [0.25, 0.3) is 0 Å². The number of para-hydroxylation sites is 1. The molecule has 1 aliphatic heterocycles. The van der Waals surface area contributed by atoms with Crippen molar-refractivity contribution in [2.24, 2.45) is 16.8 Å². The van der Waals surface area contributed by atoms with Crippen molar-refractivity contribution in [2.45, 2.75) is 33.6 Å². The number of ether oxygens (including phenoxy) is 1. The number of hydrogen-bond acceptors (Lipinski definition) is 6. The monoisotopic (exact) mass is 374 g/mol. The molecule has 8 nitrogen and oxygen atoms in total. The summed E-state index contributed by atoms with van der Waals surface area (Å²) in [5.74, 6) is -4.07.